The Kier molecular flexibility index (Phi) is 4.74. The van der Waals surface area contributed by atoms with Gasteiger partial charge in [-0.3, -0.25) is 0 Å². The van der Waals surface area contributed by atoms with Crippen molar-refractivity contribution in [3.63, 3.8) is 0 Å². The Morgan fingerprint density at radius 2 is 2.00 bits per heavy atom. The minimum atomic E-state index is -0.297. The normalized spacial score (nSPS) is 12.2. The molecule has 20 heavy (non-hydrogen) atoms. The quantitative estimate of drug-likeness (QED) is 0.885. The summed E-state index contributed by atoms with van der Waals surface area (Å²) in [6.07, 6.45) is 1.75. The van der Waals surface area contributed by atoms with Crippen LogP contribution in [0.25, 0.3) is 0 Å². The lowest BCUT2D eigenvalue weighted by molar-refractivity contribution is 0.472. The Balaban J connectivity index is 2.17. The number of aryl methyl sites for hydroxylation is 1. The van der Waals surface area contributed by atoms with Crippen molar-refractivity contribution < 1.29 is 9.13 Å². The molecule has 2 aromatic carbocycles. The zero-order chi connectivity index (χ0) is 14.5. The summed E-state index contributed by atoms with van der Waals surface area (Å²) in [6, 6.07) is 12.5. The van der Waals surface area contributed by atoms with E-state index in [1.807, 2.05) is 31.2 Å². The van der Waals surface area contributed by atoms with Crippen molar-refractivity contribution in [3.05, 3.63) is 59.4 Å². The van der Waals surface area contributed by atoms with Crippen molar-refractivity contribution in [2.45, 2.75) is 32.7 Å². The van der Waals surface area contributed by atoms with E-state index in [9.17, 15) is 4.39 Å². The molecular weight excluding hydrogens is 253 g/mol. The molecule has 0 spiro atoms. The number of ether oxygens (including phenoxy) is 1. The topological polar surface area (TPSA) is 35.2 Å². The second-order valence-corrected chi connectivity index (χ2v) is 5.03. The number of hydrogen-bond acceptors (Lipinski definition) is 2. The maximum Gasteiger partial charge on any atom is 0.133 e. The van der Waals surface area contributed by atoms with Crippen molar-refractivity contribution >= 4 is 0 Å². The molecule has 0 aliphatic heterocycles. The number of hydrogen-bond donors (Lipinski definition) is 1. The smallest absolute Gasteiger partial charge is 0.133 e. The summed E-state index contributed by atoms with van der Waals surface area (Å²) in [4.78, 5) is 0. The summed E-state index contributed by atoms with van der Waals surface area (Å²) >= 11 is 0. The average molecular weight is 273 g/mol. The molecule has 0 saturated heterocycles. The highest BCUT2D eigenvalue weighted by atomic mass is 19.1. The van der Waals surface area contributed by atoms with Crippen molar-refractivity contribution in [1.29, 1.82) is 0 Å². The fraction of sp³-hybridized carbons (Fsp3) is 0.294. The highest BCUT2D eigenvalue weighted by Crippen LogP contribution is 2.26. The van der Waals surface area contributed by atoms with Crippen LogP contribution < -0.4 is 10.5 Å². The maximum atomic E-state index is 13.3. The molecule has 2 nitrogen and oxygen atoms in total. The van der Waals surface area contributed by atoms with Crippen LogP contribution in [0, 0.1) is 12.7 Å². The first-order valence-corrected chi connectivity index (χ1v) is 6.87. The standard InChI is InChI=1S/C17H20FNO/c1-3-15(19)9-13-5-4-6-16(10-13)20-17-11-14(18)8-7-12(17)2/h4-8,10-11,15H,3,9,19H2,1-2H3. The first kappa shape index (κ1) is 14.5. The van der Waals surface area contributed by atoms with Crippen LogP contribution in [0.5, 0.6) is 11.5 Å². The van der Waals surface area contributed by atoms with Gasteiger partial charge >= 0.3 is 0 Å². The first-order valence-electron chi connectivity index (χ1n) is 6.87. The van der Waals surface area contributed by atoms with Gasteiger partial charge in [0.2, 0.25) is 0 Å². The van der Waals surface area contributed by atoms with Gasteiger partial charge in [0.25, 0.3) is 0 Å². The molecule has 3 heteroatoms. The molecule has 2 aromatic rings. The average Bonchev–Trinajstić information content (AvgIpc) is 2.43. The van der Waals surface area contributed by atoms with Crippen LogP contribution in [0.15, 0.2) is 42.5 Å². The van der Waals surface area contributed by atoms with E-state index in [-0.39, 0.29) is 11.9 Å². The third-order valence-corrected chi connectivity index (χ3v) is 3.30. The van der Waals surface area contributed by atoms with E-state index < -0.39 is 0 Å². The van der Waals surface area contributed by atoms with Crippen LogP contribution in [-0.2, 0) is 6.42 Å². The Bertz CT molecular complexity index is 583. The minimum absolute atomic E-state index is 0.154. The lowest BCUT2D eigenvalue weighted by Gasteiger charge is -2.12. The number of halogens is 1. The Morgan fingerprint density at radius 3 is 2.75 bits per heavy atom. The van der Waals surface area contributed by atoms with Crippen LogP contribution in [0.3, 0.4) is 0 Å². The second kappa shape index (κ2) is 6.53. The van der Waals surface area contributed by atoms with Gasteiger partial charge in [0.05, 0.1) is 0 Å². The predicted molar refractivity (Wildman–Crippen MR) is 79.6 cm³/mol. The Morgan fingerprint density at radius 1 is 1.20 bits per heavy atom. The van der Waals surface area contributed by atoms with Gasteiger partial charge in [0.15, 0.2) is 0 Å². The van der Waals surface area contributed by atoms with Gasteiger partial charge < -0.3 is 10.5 Å². The zero-order valence-electron chi connectivity index (χ0n) is 11.9. The van der Waals surface area contributed by atoms with Gasteiger partial charge in [-0.25, -0.2) is 4.39 Å². The fourth-order valence-electron chi connectivity index (χ4n) is 1.99. The monoisotopic (exact) mass is 273 g/mol. The van der Waals surface area contributed by atoms with Gasteiger partial charge in [-0.05, 0) is 49.1 Å². The van der Waals surface area contributed by atoms with Crippen LogP contribution in [0.2, 0.25) is 0 Å². The van der Waals surface area contributed by atoms with Gasteiger partial charge in [-0.2, -0.15) is 0 Å². The van der Waals surface area contributed by atoms with E-state index in [0.717, 1.165) is 24.0 Å². The van der Waals surface area contributed by atoms with Gasteiger partial charge in [-0.15, -0.1) is 0 Å². The highest BCUT2D eigenvalue weighted by molar-refractivity contribution is 5.38. The molecule has 0 saturated carbocycles. The van der Waals surface area contributed by atoms with Gasteiger partial charge in [-0.1, -0.05) is 25.1 Å². The highest BCUT2D eigenvalue weighted by Gasteiger charge is 2.06. The van der Waals surface area contributed by atoms with Crippen molar-refractivity contribution in [2.24, 2.45) is 5.73 Å². The SMILES string of the molecule is CCC(N)Cc1cccc(Oc2cc(F)ccc2C)c1. The fourth-order valence-corrected chi connectivity index (χ4v) is 1.99. The van der Waals surface area contributed by atoms with Gasteiger partial charge in [0, 0.05) is 12.1 Å². The molecule has 1 atom stereocenters. The first-order chi connectivity index (χ1) is 9.58. The van der Waals surface area contributed by atoms with Crippen molar-refractivity contribution in [3.8, 4) is 11.5 Å². The molecule has 1 unspecified atom stereocenters. The molecule has 0 radical (unpaired) electrons. The molecule has 0 aliphatic rings. The molecule has 2 N–H and O–H groups in total. The number of nitrogens with two attached hydrogens (primary N) is 1. The number of rotatable bonds is 5. The molecule has 0 amide bonds. The third-order valence-electron chi connectivity index (χ3n) is 3.30. The van der Waals surface area contributed by atoms with E-state index in [1.165, 1.54) is 12.1 Å². The van der Waals surface area contributed by atoms with E-state index in [2.05, 4.69) is 6.92 Å². The maximum absolute atomic E-state index is 13.3. The van der Waals surface area contributed by atoms with Crippen LogP contribution in [0.4, 0.5) is 4.39 Å². The third kappa shape index (κ3) is 3.81. The van der Waals surface area contributed by atoms with E-state index in [4.69, 9.17) is 10.5 Å². The minimum Gasteiger partial charge on any atom is -0.457 e. The van der Waals surface area contributed by atoms with E-state index in [1.54, 1.807) is 6.07 Å². The van der Waals surface area contributed by atoms with Crippen LogP contribution >= 0.6 is 0 Å². The molecule has 0 fully saturated rings. The van der Waals surface area contributed by atoms with Crippen LogP contribution in [0.1, 0.15) is 24.5 Å². The van der Waals surface area contributed by atoms with Gasteiger partial charge in [0.1, 0.15) is 17.3 Å². The molecule has 106 valence electrons. The Labute approximate surface area is 119 Å². The largest absolute Gasteiger partial charge is 0.457 e. The summed E-state index contributed by atoms with van der Waals surface area (Å²) in [5, 5.41) is 0. The zero-order valence-corrected chi connectivity index (χ0v) is 11.9. The predicted octanol–water partition coefficient (Wildman–Crippen LogP) is 4.21. The summed E-state index contributed by atoms with van der Waals surface area (Å²) in [5.74, 6) is 0.955. The number of benzene rings is 2. The molecular formula is C17H20FNO. The summed E-state index contributed by atoms with van der Waals surface area (Å²) < 4.78 is 19.0. The molecule has 2 rings (SSSR count). The second-order valence-electron chi connectivity index (χ2n) is 5.03. The Hall–Kier alpha value is -1.87. The van der Waals surface area contributed by atoms with E-state index >= 15 is 0 Å². The molecule has 0 heterocycles. The van der Waals surface area contributed by atoms with Crippen LogP contribution in [-0.4, -0.2) is 6.04 Å². The molecule has 0 aliphatic carbocycles. The lowest BCUT2D eigenvalue weighted by atomic mass is 10.0. The van der Waals surface area contributed by atoms with E-state index in [0.29, 0.717) is 11.5 Å². The summed E-state index contributed by atoms with van der Waals surface area (Å²) in [7, 11) is 0. The van der Waals surface area contributed by atoms with Crippen molar-refractivity contribution in [2.75, 3.05) is 0 Å². The van der Waals surface area contributed by atoms with Crippen molar-refractivity contribution in [1.82, 2.24) is 0 Å². The summed E-state index contributed by atoms with van der Waals surface area (Å²) in [5.41, 5.74) is 8.00. The molecule has 0 bridgehead atoms. The summed E-state index contributed by atoms with van der Waals surface area (Å²) in [6.45, 7) is 3.97. The molecule has 0 aromatic heterocycles. The lowest BCUT2D eigenvalue weighted by Crippen LogP contribution is -2.21.